The Hall–Kier alpha value is -3.98. The maximum Gasteiger partial charge on any atom is 0.275 e. The lowest BCUT2D eigenvalue weighted by atomic mass is 10.2. The lowest BCUT2D eigenvalue weighted by Gasteiger charge is -2.01. The molecular formula is C22H18N6O2S. The van der Waals surface area contributed by atoms with Crippen LogP contribution in [0.1, 0.15) is 16.2 Å². The predicted octanol–water partition coefficient (Wildman–Crippen LogP) is 3.96. The number of methoxy groups -OCH3 is 1. The summed E-state index contributed by atoms with van der Waals surface area (Å²) in [4.78, 5) is 21.6. The molecule has 0 bridgehead atoms. The zero-order valence-electron chi connectivity index (χ0n) is 16.6. The molecule has 0 saturated carbocycles. The number of pyridine rings is 1. The van der Waals surface area contributed by atoms with Crippen molar-refractivity contribution in [1.29, 1.82) is 0 Å². The second-order valence-corrected chi connectivity index (χ2v) is 7.70. The number of aromatic nitrogens is 5. The number of amides is 1. The van der Waals surface area contributed by atoms with E-state index in [1.807, 2.05) is 59.3 Å². The van der Waals surface area contributed by atoms with Gasteiger partial charge in [-0.3, -0.25) is 9.48 Å². The number of ether oxygens (including phenoxy) is 1. The molecule has 1 N–H and O–H groups in total. The van der Waals surface area contributed by atoms with Crippen LogP contribution in [0.3, 0.4) is 0 Å². The molecule has 4 aromatic heterocycles. The van der Waals surface area contributed by atoms with Crippen LogP contribution in [0.2, 0.25) is 0 Å². The van der Waals surface area contributed by atoms with Crippen molar-refractivity contribution >= 4 is 28.6 Å². The van der Waals surface area contributed by atoms with Crippen LogP contribution in [0.25, 0.3) is 16.2 Å². The van der Waals surface area contributed by atoms with Crippen LogP contribution in [0.15, 0.2) is 72.6 Å². The highest BCUT2D eigenvalue weighted by molar-refractivity contribution is 7.13. The summed E-state index contributed by atoms with van der Waals surface area (Å²) in [6.07, 6.45) is 7.31. The molecule has 154 valence electrons. The molecule has 1 amide bonds. The molecule has 0 atom stereocenters. The lowest BCUT2D eigenvalue weighted by molar-refractivity contribution is 0.102. The van der Waals surface area contributed by atoms with Crippen LogP contribution in [0.4, 0.5) is 5.69 Å². The fraction of sp³-hybridized carbons (Fsp3) is 0.0909. The number of hydrogen-bond donors (Lipinski definition) is 1. The van der Waals surface area contributed by atoms with E-state index < -0.39 is 0 Å². The van der Waals surface area contributed by atoms with E-state index in [1.54, 1.807) is 29.6 Å². The topological polar surface area (TPSA) is 86.3 Å². The van der Waals surface area contributed by atoms with Crippen LogP contribution in [-0.4, -0.2) is 37.2 Å². The molecule has 0 aliphatic carbocycles. The quantitative estimate of drug-likeness (QED) is 0.441. The van der Waals surface area contributed by atoms with Crippen molar-refractivity contribution in [3.8, 4) is 16.3 Å². The number of benzene rings is 1. The molecule has 0 aliphatic rings. The third-order valence-corrected chi connectivity index (χ3v) is 5.59. The van der Waals surface area contributed by atoms with Gasteiger partial charge in [0.2, 0.25) is 0 Å². The molecule has 8 nitrogen and oxygen atoms in total. The summed E-state index contributed by atoms with van der Waals surface area (Å²) in [7, 11) is 1.63. The van der Waals surface area contributed by atoms with Gasteiger partial charge in [-0.1, -0.05) is 6.07 Å². The standard InChI is InChI=1S/C22H18N6O2S/c1-30-18-7-5-15(6-8-18)22-26-19(14-31-22)21(29)25-16-10-23-28(12-16)13-17-11-27-9-3-2-4-20(27)24-17/h2-12,14H,13H2,1H3,(H,25,29). The fourth-order valence-corrected chi connectivity index (χ4v) is 3.99. The molecule has 4 heterocycles. The molecule has 5 aromatic rings. The minimum atomic E-state index is -0.275. The number of nitrogens with one attached hydrogen (secondary N) is 1. The predicted molar refractivity (Wildman–Crippen MR) is 119 cm³/mol. The molecule has 31 heavy (non-hydrogen) atoms. The molecule has 0 radical (unpaired) electrons. The van der Waals surface area contributed by atoms with Crippen LogP contribution in [0, 0.1) is 0 Å². The van der Waals surface area contributed by atoms with Gasteiger partial charge in [-0.25, -0.2) is 9.97 Å². The van der Waals surface area contributed by atoms with Crippen molar-refractivity contribution in [3.05, 3.63) is 84.0 Å². The van der Waals surface area contributed by atoms with Gasteiger partial charge >= 0.3 is 0 Å². The minimum Gasteiger partial charge on any atom is -0.497 e. The van der Waals surface area contributed by atoms with E-state index in [2.05, 4.69) is 20.4 Å². The zero-order valence-corrected chi connectivity index (χ0v) is 17.4. The lowest BCUT2D eigenvalue weighted by Crippen LogP contribution is -2.11. The summed E-state index contributed by atoms with van der Waals surface area (Å²) in [6, 6.07) is 13.4. The molecule has 1 aromatic carbocycles. The van der Waals surface area contributed by atoms with E-state index in [9.17, 15) is 4.79 Å². The van der Waals surface area contributed by atoms with Crippen LogP contribution < -0.4 is 10.1 Å². The summed E-state index contributed by atoms with van der Waals surface area (Å²) in [5.74, 6) is 0.502. The molecule has 0 fully saturated rings. The first-order valence-electron chi connectivity index (χ1n) is 9.54. The van der Waals surface area contributed by atoms with Gasteiger partial charge in [-0.15, -0.1) is 11.3 Å². The van der Waals surface area contributed by atoms with E-state index >= 15 is 0 Å². The first kappa shape index (κ1) is 19.0. The third kappa shape index (κ3) is 4.03. The third-order valence-electron chi connectivity index (χ3n) is 4.70. The van der Waals surface area contributed by atoms with Crippen LogP contribution >= 0.6 is 11.3 Å². The Labute approximate surface area is 181 Å². The fourth-order valence-electron chi connectivity index (χ4n) is 3.18. The van der Waals surface area contributed by atoms with Gasteiger partial charge in [-0.05, 0) is 36.4 Å². The van der Waals surface area contributed by atoms with E-state index in [0.29, 0.717) is 17.9 Å². The van der Waals surface area contributed by atoms with Gasteiger partial charge in [0.05, 0.1) is 31.2 Å². The number of fused-ring (bicyclic) bond motifs is 1. The number of thiazole rings is 1. The number of imidazole rings is 1. The smallest absolute Gasteiger partial charge is 0.275 e. The number of nitrogens with zero attached hydrogens (tertiary/aromatic N) is 5. The normalized spacial score (nSPS) is 11.0. The molecule has 0 spiro atoms. The first-order chi connectivity index (χ1) is 15.2. The van der Waals surface area contributed by atoms with Crippen LogP contribution in [0.5, 0.6) is 5.75 Å². The number of carbonyl (C=O) groups is 1. The minimum absolute atomic E-state index is 0.275. The average molecular weight is 430 g/mol. The molecule has 0 unspecified atom stereocenters. The van der Waals surface area contributed by atoms with Gasteiger partial charge in [0.25, 0.3) is 5.91 Å². The number of carbonyl (C=O) groups excluding carboxylic acids is 1. The van der Waals surface area contributed by atoms with E-state index in [-0.39, 0.29) is 5.91 Å². The van der Waals surface area contributed by atoms with Crippen molar-refractivity contribution in [2.45, 2.75) is 6.54 Å². The van der Waals surface area contributed by atoms with Crippen molar-refractivity contribution in [1.82, 2.24) is 24.1 Å². The van der Waals surface area contributed by atoms with Gasteiger partial charge in [0.15, 0.2) is 0 Å². The molecule has 0 saturated heterocycles. The van der Waals surface area contributed by atoms with Gasteiger partial charge in [0.1, 0.15) is 22.1 Å². The Morgan fingerprint density at radius 2 is 2.00 bits per heavy atom. The van der Waals surface area contributed by atoms with Gasteiger partial charge in [-0.2, -0.15) is 5.10 Å². The Kier molecular flexibility index (Phi) is 4.93. The van der Waals surface area contributed by atoms with Gasteiger partial charge in [0, 0.05) is 29.5 Å². The monoisotopic (exact) mass is 430 g/mol. The largest absolute Gasteiger partial charge is 0.497 e. The van der Waals surface area contributed by atoms with E-state index in [0.717, 1.165) is 27.7 Å². The first-order valence-corrected chi connectivity index (χ1v) is 10.4. The Morgan fingerprint density at radius 1 is 1.13 bits per heavy atom. The van der Waals surface area contributed by atoms with E-state index in [1.165, 1.54) is 11.3 Å². The summed E-state index contributed by atoms with van der Waals surface area (Å²) < 4.78 is 8.88. The Morgan fingerprint density at radius 3 is 2.81 bits per heavy atom. The maximum absolute atomic E-state index is 12.6. The second-order valence-electron chi connectivity index (χ2n) is 6.85. The summed E-state index contributed by atoms with van der Waals surface area (Å²) in [6.45, 7) is 0.510. The highest BCUT2D eigenvalue weighted by atomic mass is 32.1. The zero-order chi connectivity index (χ0) is 21.2. The maximum atomic E-state index is 12.6. The highest BCUT2D eigenvalue weighted by Crippen LogP contribution is 2.26. The molecule has 0 aliphatic heterocycles. The SMILES string of the molecule is COc1ccc(-c2nc(C(=O)Nc3cnn(Cc4cn5ccccc5n4)c3)cs2)cc1. The molecular weight excluding hydrogens is 412 g/mol. The number of hydrogen-bond acceptors (Lipinski definition) is 6. The number of rotatable bonds is 6. The summed E-state index contributed by atoms with van der Waals surface area (Å²) >= 11 is 1.42. The summed E-state index contributed by atoms with van der Waals surface area (Å²) in [5, 5.41) is 9.69. The molecule has 5 rings (SSSR count). The Balaban J connectivity index is 1.25. The summed E-state index contributed by atoms with van der Waals surface area (Å²) in [5.41, 5.74) is 3.67. The van der Waals surface area contributed by atoms with Crippen LogP contribution in [-0.2, 0) is 6.54 Å². The van der Waals surface area contributed by atoms with Crippen molar-refractivity contribution < 1.29 is 9.53 Å². The Bertz CT molecular complexity index is 1320. The van der Waals surface area contributed by atoms with Crippen molar-refractivity contribution in [2.24, 2.45) is 0 Å². The van der Waals surface area contributed by atoms with Crippen molar-refractivity contribution in [2.75, 3.05) is 12.4 Å². The average Bonchev–Trinajstić information content (AvgIpc) is 3.53. The van der Waals surface area contributed by atoms with E-state index in [4.69, 9.17) is 4.74 Å². The second kappa shape index (κ2) is 8.04. The van der Waals surface area contributed by atoms with Crippen molar-refractivity contribution in [3.63, 3.8) is 0 Å². The highest BCUT2D eigenvalue weighted by Gasteiger charge is 2.13. The molecule has 9 heteroatoms. The van der Waals surface area contributed by atoms with Gasteiger partial charge < -0.3 is 14.5 Å². The number of anilines is 1.